The number of carbonyl (C=O) groups is 9. The van der Waals surface area contributed by atoms with Crippen LogP contribution in [0.4, 0.5) is 5.69 Å². The molecule has 25 nitrogen and oxygen atoms in total. The fourth-order valence-electron chi connectivity index (χ4n) is 7.01. The first-order valence-corrected chi connectivity index (χ1v) is 20.5. The van der Waals surface area contributed by atoms with Gasteiger partial charge in [-0.05, 0) is 12.0 Å². The van der Waals surface area contributed by atoms with Crippen molar-refractivity contribution >= 4 is 59.2 Å². The fourth-order valence-corrected chi connectivity index (χ4v) is 7.01. The largest absolute Gasteiger partial charge is 0.507 e. The van der Waals surface area contributed by atoms with Crippen LogP contribution in [-0.2, 0) is 92.1 Å². The zero-order valence-corrected chi connectivity index (χ0v) is 37.9. The average Bonchev–Trinajstić information content (AvgIpc) is 3.22. The summed E-state index contributed by atoms with van der Waals surface area (Å²) in [5, 5.41) is 22.9. The second-order valence-electron chi connectivity index (χ2n) is 15.0. The molecule has 0 unspecified atom stereocenters. The van der Waals surface area contributed by atoms with Gasteiger partial charge in [0, 0.05) is 86.1 Å². The lowest BCUT2D eigenvalue weighted by Gasteiger charge is -2.44. The van der Waals surface area contributed by atoms with Gasteiger partial charge >= 0.3 is 47.8 Å². The molecule has 2 aliphatic heterocycles. The number of aryl methyl sites for hydroxylation is 1. The minimum absolute atomic E-state index is 0.0439. The predicted octanol–water partition coefficient (Wildman–Crippen LogP) is 2.04. The van der Waals surface area contributed by atoms with Crippen molar-refractivity contribution in [2.45, 2.75) is 130 Å². The van der Waals surface area contributed by atoms with Crippen LogP contribution in [0, 0.1) is 10.1 Å². The second-order valence-corrected chi connectivity index (χ2v) is 15.0. The summed E-state index contributed by atoms with van der Waals surface area (Å²) in [6.07, 6.45) is -17.5. The van der Waals surface area contributed by atoms with Crippen molar-refractivity contribution in [3.05, 3.63) is 57.6 Å². The van der Waals surface area contributed by atoms with Gasteiger partial charge in [0.15, 0.2) is 30.2 Å². The first-order valence-electron chi connectivity index (χ1n) is 20.5. The normalized spacial score (nSPS) is 24.1. The topological polar surface area (TPSA) is 328 Å². The number of phenolic OH excluding ortho intramolecular Hbond substituents is 1. The Labute approximate surface area is 386 Å². The van der Waals surface area contributed by atoms with E-state index < -0.39 is 156 Å². The summed E-state index contributed by atoms with van der Waals surface area (Å²) in [5.74, 6) is -10.1. The Hall–Kier alpha value is -7.41. The Bertz CT molecular complexity index is 2240. The van der Waals surface area contributed by atoms with E-state index in [1.165, 1.54) is 24.3 Å². The highest BCUT2D eigenvalue weighted by molar-refractivity contribution is 6.01. The standard InChI is InChI=1S/C43H49NO24/c1-19(45)57-17-33-36(59-21(3)47)38(61-23(5)49)40(63-25(7)51)42(67-33)65-29-15-31(54)35(30(53)14-11-27-9-12-28(13-10-27)44(55)56)32(16-29)66-43-41(64-26(8)52)39(62-24(6)50)37(60-22(4)48)34(68-43)18-58-20(2)46/h9-10,12-13,15-16,33-34,36-43,54H,11,14,17-18H2,1-8H3/t33-,34+,36+,37+,38-,39-,40+,41+,42-,43-/m0/s1. The molecule has 0 saturated carbocycles. The molecule has 0 aliphatic carbocycles. The van der Waals surface area contributed by atoms with Crippen LogP contribution in [0.15, 0.2) is 36.4 Å². The number of nitro groups is 1. The maximum atomic E-state index is 14.2. The number of rotatable bonds is 19. The molecule has 2 heterocycles. The highest BCUT2D eigenvalue weighted by Crippen LogP contribution is 2.40. The van der Waals surface area contributed by atoms with Gasteiger partial charge in [0.25, 0.3) is 5.69 Å². The Morgan fingerprint density at radius 1 is 0.559 bits per heavy atom. The Kier molecular flexibility index (Phi) is 18.7. The van der Waals surface area contributed by atoms with Crippen molar-refractivity contribution in [1.29, 1.82) is 0 Å². The molecule has 4 rings (SSSR count). The van der Waals surface area contributed by atoms with Crippen LogP contribution in [0.3, 0.4) is 0 Å². The first-order chi connectivity index (χ1) is 31.9. The SMILES string of the molecule is CC(=O)OC[C@@H]1O[C@H](Oc2cc(O)c(C(=O)CCc3ccc([N+](=O)[O-])cc3)c(O[C@H]3O[C@H](COC(C)=O)[C@@H](OC(C)=O)[C@H](OC(C)=O)[C@H]3OC(C)=O)c2)[C@H](OC(C)=O)[C@@H](OC(C)=O)[C@@H]1OC(C)=O. The number of aromatic hydroxyl groups is 1. The number of carbonyl (C=O) groups excluding carboxylic acids is 9. The van der Waals surface area contributed by atoms with Gasteiger partial charge in [-0.1, -0.05) is 12.1 Å². The van der Waals surface area contributed by atoms with E-state index in [2.05, 4.69) is 0 Å². The molecule has 2 fully saturated rings. The van der Waals surface area contributed by atoms with E-state index in [1.807, 2.05) is 0 Å². The number of hydrogen-bond donors (Lipinski definition) is 1. The van der Waals surface area contributed by atoms with Crippen molar-refractivity contribution in [3.8, 4) is 17.2 Å². The van der Waals surface area contributed by atoms with Gasteiger partial charge in [-0.15, -0.1) is 0 Å². The summed E-state index contributed by atoms with van der Waals surface area (Å²) in [5.41, 5.74) is -0.326. The third-order valence-electron chi connectivity index (χ3n) is 9.51. The number of ether oxygens (including phenoxy) is 12. The molecule has 0 amide bonds. The molecule has 68 heavy (non-hydrogen) atoms. The number of nitro benzene ring substituents is 1. The number of benzene rings is 2. The van der Waals surface area contributed by atoms with Gasteiger partial charge < -0.3 is 61.9 Å². The summed E-state index contributed by atoms with van der Waals surface area (Å²) in [6.45, 7) is 6.76. The lowest BCUT2D eigenvalue weighted by molar-refractivity contribution is -0.384. The van der Waals surface area contributed by atoms with Crippen LogP contribution in [0.25, 0.3) is 0 Å². The van der Waals surface area contributed by atoms with Crippen molar-refractivity contribution in [3.63, 3.8) is 0 Å². The molecule has 2 aromatic carbocycles. The number of non-ortho nitro benzene ring substituents is 1. The van der Waals surface area contributed by atoms with Gasteiger partial charge in [0.1, 0.15) is 48.2 Å². The number of ketones is 1. The zero-order chi connectivity index (χ0) is 50.6. The van der Waals surface area contributed by atoms with Crippen LogP contribution in [0.2, 0.25) is 0 Å². The zero-order valence-electron chi connectivity index (χ0n) is 37.9. The van der Waals surface area contributed by atoms with Crippen molar-refractivity contribution < 1.29 is 110 Å². The molecule has 1 N–H and O–H groups in total. The third kappa shape index (κ3) is 15.1. The molecule has 370 valence electrons. The fraction of sp³-hybridized carbons (Fsp3) is 0.512. The summed E-state index contributed by atoms with van der Waals surface area (Å²) in [4.78, 5) is 123. The first kappa shape index (κ1) is 53.2. The Balaban J connectivity index is 1.90. The minimum Gasteiger partial charge on any atom is -0.507 e. The Morgan fingerprint density at radius 2 is 0.956 bits per heavy atom. The lowest BCUT2D eigenvalue weighted by atomic mass is 9.97. The van der Waals surface area contributed by atoms with Crippen LogP contribution < -0.4 is 9.47 Å². The maximum absolute atomic E-state index is 14.2. The van der Waals surface area contributed by atoms with Gasteiger partial charge in [-0.3, -0.25) is 53.3 Å². The quantitative estimate of drug-likeness (QED) is 0.0692. The van der Waals surface area contributed by atoms with Crippen LogP contribution in [0.1, 0.15) is 77.7 Å². The highest BCUT2D eigenvalue weighted by Gasteiger charge is 2.55. The van der Waals surface area contributed by atoms with Crippen molar-refractivity contribution in [1.82, 2.24) is 0 Å². The van der Waals surface area contributed by atoms with Gasteiger partial charge in [-0.25, -0.2) is 0 Å². The molecular weight excluding hydrogens is 914 g/mol. The maximum Gasteiger partial charge on any atom is 0.303 e. The van der Waals surface area contributed by atoms with E-state index in [0.717, 1.165) is 67.5 Å². The molecule has 25 heteroatoms. The number of nitrogens with zero attached hydrogens (tertiary/aromatic N) is 1. The molecule has 0 aromatic heterocycles. The smallest absolute Gasteiger partial charge is 0.303 e. The van der Waals surface area contributed by atoms with E-state index >= 15 is 0 Å². The minimum atomic E-state index is -1.97. The van der Waals surface area contributed by atoms with Gasteiger partial charge in [-0.2, -0.15) is 0 Å². The molecular formula is C43H49NO24. The van der Waals surface area contributed by atoms with E-state index in [1.54, 1.807) is 0 Å². The number of esters is 8. The number of Topliss-reactive ketones (excluding diaryl/α,β-unsaturated/α-hetero) is 1. The molecule has 10 atom stereocenters. The third-order valence-corrected chi connectivity index (χ3v) is 9.51. The number of phenols is 1. The summed E-state index contributed by atoms with van der Waals surface area (Å²) in [7, 11) is 0. The summed E-state index contributed by atoms with van der Waals surface area (Å²) < 4.78 is 67.4. The molecule has 0 radical (unpaired) electrons. The Morgan fingerprint density at radius 3 is 1.35 bits per heavy atom. The second kappa shape index (κ2) is 23.9. The highest BCUT2D eigenvalue weighted by atomic mass is 16.8. The molecule has 2 aromatic rings. The summed E-state index contributed by atoms with van der Waals surface area (Å²) >= 11 is 0. The van der Waals surface area contributed by atoms with Crippen molar-refractivity contribution in [2.75, 3.05) is 13.2 Å². The molecule has 0 spiro atoms. The van der Waals surface area contributed by atoms with E-state index in [4.69, 9.17) is 56.8 Å². The van der Waals surface area contributed by atoms with Crippen LogP contribution in [-0.4, -0.2) is 138 Å². The van der Waals surface area contributed by atoms with E-state index in [9.17, 15) is 58.4 Å². The average molecular weight is 964 g/mol. The molecule has 0 bridgehead atoms. The van der Waals surface area contributed by atoms with Crippen LogP contribution in [0.5, 0.6) is 17.2 Å². The monoisotopic (exact) mass is 963 g/mol. The molecule has 2 saturated heterocycles. The van der Waals surface area contributed by atoms with E-state index in [0.29, 0.717) is 5.56 Å². The summed E-state index contributed by atoms with van der Waals surface area (Å²) in [6, 6.07) is 7.14. The lowest BCUT2D eigenvalue weighted by Crippen LogP contribution is -2.63. The predicted molar refractivity (Wildman–Crippen MR) is 219 cm³/mol. The van der Waals surface area contributed by atoms with E-state index in [-0.39, 0.29) is 18.5 Å². The number of hydrogen-bond acceptors (Lipinski definition) is 24. The van der Waals surface area contributed by atoms with Gasteiger partial charge in [0.2, 0.25) is 24.8 Å². The van der Waals surface area contributed by atoms with Crippen LogP contribution >= 0.6 is 0 Å². The van der Waals surface area contributed by atoms with Crippen molar-refractivity contribution in [2.24, 2.45) is 0 Å². The molecule has 2 aliphatic rings. The van der Waals surface area contributed by atoms with Gasteiger partial charge in [0.05, 0.1) is 4.92 Å².